The van der Waals surface area contributed by atoms with Crippen LogP contribution in [0.4, 0.5) is 5.69 Å². The van der Waals surface area contributed by atoms with Gasteiger partial charge in [0.25, 0.3) is 0 Å². The van der Waals surface area contributed by atoms with Gasteiger partial charge < -0.3 is 19.1 Å². The number of morpholine rings is 1. The first kappa shape index (κ1) is 19.3. The quantitative estimate of drug-likeness (QED) is 0.607. The van der Waals surface area contributed by atoms with Crippen molar-refractivity contribution in [3.63, 3.8) is 0 Å². The third kappa shape index (κ3) is 3.60. The molecule has 3 aromatic heterocycles. The van der Waals surface area contributed by atoms with Gasteiger partial charge in [-0.3, -0.25) is 0 Å². The summed E-state index contributed by atoms with van der Waals surface area (Å²) in [5.74, 6) is 0.715. The Labute approximate surface area is 185 Å². The van der Waals surface area contributed by atoms with Gasteiger partial charge in [0, 0.05) is 38.0 Å². The molecule has 2 bridgehead atoms. The molecular weight excluding hydrogens is 408 g/mol. The summed E-state index contributed by atoms with van der Waals surface area (Å²) in [6.45, 7) is 1.75. The topological polar surface area (TPSA) is 97.8 Å². The predicted octanol–water partition coefficient (Wildman–Crippen LogP) is 2.74. The fraction of sp³-hybridized carbons (Fsp3) is 0.478. The number of fused-ring (bicyclic) bond motifs is 3. The van der Waals surface area contributed by atoms with Crippen molar-refractivity contribution in [1.82, 2.24) is 19.6 Å². The molecule has 7 rings (SSSR count). The minimum atomic E-state index is 0.0603. The summed E-state index contributed by atoms with van der Waals surface area (Å²) in [4.78, 5) is 10.6. The highest BCUT2D eigenvalue weighted by Crippen LogP contribution is 2.36. The van der Waals surface area contributed by atoms with Gasteiger partial charge in [0.2, 0.25) is 0 Å². The van der Waals surface area contributed by atoms with Crippen LogP contribution in [0.5, 0.6) is 11.8 Å². The van der Waals surface area contributed by atoms with Crippen molar-refractivity contribution in [2.45, 2.75) is 56.5 Å². The van der Waals surface area contributed by atoms with Gasteiger partial charge in [0.05, 0.1) is 36.4 Å². The van der Waals surface area contributed by atoms with E-state index in [9.17, 15) is 5.26 Å². The summed E-state index contributed by atoms with van der Waals surface area (Å²) in [7, 11) is 0. The molecule has 4 fully saturated rings. The molecule has 0 spiro atoms. The van der Waals surface area contributed by atoms with Crippen molar-refractivity contribution in [3.8, 4) is 17.8 Å². The van der Waals surface area contributed by atoms with Crippen LogP contribution in [0.1, 0.15) is 37.7 Å². The molecule has 3 aliphatic heterocycles. The van der Waals surface area contributed by atoms with Crippen LogP contribution in [0.2, 0.25) is 0 Å². The van der Waals surface area contributed by atoms with Crippen LogP contribution in [0.15, 0.2) is 36.9 Å². The van der Waals surface area contributed by atoms with E-state index in [1.165, 1.54) is 0 Å². The lowest BCUT2D eigenvalue weighted by molar-refractivity contribution is -0.133. The van der Waals surface area contributed by atoms with Crippen LogP contribution in [0.25, 0.3) is 5.52 Å². The highest BCUT2D eigenvalue weighted by atomic mass is 16.5. The van der Waals surface area contributed by atoms with E-state index in [2.05, 4.69) is 32.1 Å². The summed E-state index contributed by atoms with van der Waals surface area (Å²) in [5.41, 5.74) is 2.30. The largest absolute Gasteiger partial charge is 0.488 e. The van der Waals surface area contributed by atoms with E-state index in [0.29, 0.717) is 29.5 Å². The van der Waals surface area contributed by atoms with Gasteiger partial charge in [0.15, 0.2) is 0 Å². The van der Waals surface area contributed by atoms with Crippen LogP contribution in [0.3, 0.4) is 0 Å². The monoisotopic (exact) mass is 432 g/mol. The molecule has 3 aromatic rings. The molecule has 0 radical (unpaired) electrons. The van der Waals surface area contributed by atoms with E-state index in [1.807, 2.05) is 6.20 Å². The highest BCUT2D eigenvalue weighted by Gasteiger charge is 2.38. The number of anilines is 1. The number of nitrogens with zero attached hydrogens (tertiary/aromatic N) is 6. The van der Waals surface area contributed by atoms with Crippen LogP contribution in [0, 0.1) is 11.3 Å². The van der Waals surface area contributed by atoms with Crippen molar-refractivity contribution in [1.29, 1.82) is 5.26 Å². The SMILES string of the molecule is N#Cc1cnn2cc(N3CC4CC(C3)O4)cc(OC3CCC(Oc4ncccn4)CC3)c12. The number of piperidine rings is 1. The lowest BCUT2D eigenvalue weighted by Gasteiger charge is -2.48. The van der Waals surface area contributed by atoms with Gasteiger partial charge in [-0.15, -0.1) is 0 Å². The average Bonchev–Trinajstić information content (AvgIpc) is 3.24. The zero-order valence-electron chi connectivity index (χ0n) is 17.6. The number of hydrogen-bond acceptors (Lipinski definition) is 8. The van der Waals surface area contributed by atoms with E-state index in [1.54, 1.807) is 29.2 Å². The third-order valence-corrected chi connectivity index (χ3v) is 6.54. The number of rotatable bonds is 5. The second-order valence-electron chi connectivity index (χ2n) is 8.71. The Hall–Kier alpha value is -3.38. The van der Waals surface area contributed by atoms with Gasteiger partial charge in [-0.1, -0.05) is 0 Å². The Balaban J connectivity index is 1.20. The number of aromatic nitrogens is 4. The minimum absolute atomic E-state index is 0.0603. The number of nitriles is 1. The molecule has 6 heterocycles. The Bertz CT molecular complexity index is 1140. The fourth-order valence-electron chi connectivity index (χ4n) is 4.92. The zero-order valence-corrected chi connectivity index (χ0v) is 17.6. The molecule has 2 unspecified atom stereocenters. The molecule has 9 nitrogen and oxygen atoms in total. The molecule has 0 amide bonds. The number of pyridine rings is 1. The molecule has 0 N–H and O–H groups in total. The molecule has 3 saturated heterocycles. The van der Waals surface area contributed by atoms with Gasteiger partial charge >= 0.3 is 6.01 Å². The summed E-state index contributed by atoms with van der Waals surface area (Å²) in [6.07, 6.45) is 12.3. The standard InChI is InChI=1S/C23H24N6O3/c24-10-15-11-27-29-12-16(28-13-19-9-20(14-28)30-19)8-21(22(15)29)31-17-2-4-18(5-3-17)32-23-25-6-1-7-26-23/h1,6-8,11-12,17-20H,2-5,9,13-14H2. The van der Waals surface area contributed by atoms with Crippen LogP contribution in [-0.4, -0.2) is 57.1 Å². The Morgan fingerprint density at radius 3 is 2.41 bits per heavy atom. The lowest BCUT2D eigenvalue weighted by Crippen LogP contribution is -2.57. The normalized spacial score (nSPS) is 26.9. The van der Waals surface area contributed by atoms with Gasteiger partial charge in [-0.2, -0.15) is 10.4 Å². The smallest absolute Gasteiger partial charge is 0.316 e. The van der Waals surface area contributed by atoms with Crippen molar-refractivity contribution >= 4 is 11.2 Å². The maximum absolute atomic E-state index is 9.57. The van der Waals surface area contributed by atoms with Crippen molar-refractivity contribution in [3.05, 3.63) is 42.5 Å². The zero-order chi connectivity index (χ0) is 21.5. The third-order valence-electron chi connectivity index (χ3n) is 6.54. The Kier molecular flexibility index (Phi) is 4.80. The van der Waals surface area contributed by atoms with Crippen molar-refractivity contribution < 1.29 is 14.2 Å². The average molecular weight is 432 g/mol. The molecule has 32 heavy (non-hydrogen) atoms. The second-order valence-corrected chi connectivity index (χ2v) is 8.71. The maximum Gasteiger partial charge on any atom is 0.316 e. The summed E-state index contributed by atoms with van der Waals surface area (Å²) in [6, 6.07) is 6.50. The number of hydrogen-bond donors (Lipinski definition) is 0. The molecular formula is C23H24N6O3. The van der Waals surface area contributed by atoms with E-state index in [4.69, 9.17) is 14.2 Å². The molecule has 1 aliphatic carbocycles. The van der Waals surface area contributed by atoms with Crippen LogP contribution in [-0.2, 0) is 4.74 Å². The fourth-order valence-corrected chi connectivity index (χ4v) is 4.92. The van der Waals surface area contributed by atoms with Crippen molar-refractivity contribution in [2.75, 3.05) is 18.0 Å². The molecule has 9 heteroatoms. The molecule has 1 saturated carbocycles. The van der Waals surface area contributed by atoms with Gasteiger partial charge in [0.1, 0.15) is 29.0 Å². The van der Waals surface area contributed by atoms with E-state index in [-0.39, 0.29) is 12.2 Å². The second kappa shape index (κ2) is 7.95. The van der Waals surface area contributed by atoms with E-state index < -0.39 is 0 Å². The van der Waals surface area contributed by atoms with Gasteiger partial charge in [-0.05, 0) is 31.7 Å². The first-order valence-electron chi connectivity index (χ1n) is 11.2. The lowest BCUT2D eigenvalue weighted by atomic mass is 9.95. The van der Waals surface area contributed by atoms with Crippen molar-refractivity contribution in [2.24, 2.45) is 0 Å². The highest BCUT2D eigenvalue weighted by molar-refractivity contribution is 5.72. The Morgan fingerprint density at radius 1 is 1.03 bits per heavy atom. The van der Waals surface area contributed by atoms with Crippen LogP contribution < -0.4 is 14.4 Å². The van der Waals surface area contributed by atoms with Crippen LogP contribution >= 0.6 is 0 Å². The summed E-state index contributed by atoms with van der Waals surface area (Å²) in [5, 5.41) is 14.0. The molecule has 0 aromatic carbocycles. The molecule has 164 valence electrons. The minimum Gasteiger partial charge on any atom is -0.488 e. The maximum atomic E-state index is 9.57. The number of ether oxygens (including phenoxy) is 3. The first-order chi connectivity index (χ1) is 15.7. The Morgan fingerprint density at radius 2 is 1.72 bits per heavy atom. The molecule has 2 atom stereocenters. The summed E-state index contributed by atoms with van der Waals surface area (Å²) < 4.78 is 19.9. The van der Waals surface area contributed by atoms with Gasteiger partial charge in [-0.25, -0.2) is 14.5 Å². The van der Waals surface area contributed by atoms with E-state index in [0.717, 1.165) is 56.4 Å². The molecule has 4 aliphatic rings. The van der Waals surface area contributed by atoms with E-state index >= 15 is 0 Å². The first-order valence-corrected chi connectivity index (χ1v) is 11.2. The summed E-state index contributed by atoms with van der Waals surface area (Å²) >= 11 is 0. The predicted molar refractivity (Wildman–Crippen MR) is 115 cm³/mol.